The Morgan fingerprint density at radius 2 is 1.93 bits per heavy atom. The van der Waals surface area contributed by atoms with Crippen LogP contribution in [0, 0.1) is 5.92 Å². The first-order chi connectivity index (χ1) is 6.91. The predicted octanol–water partition coefficient (Wildman–Crippen LogP) is 1.35. The van der Waals surface area contributed by atoms with E-state index in [1.807, 2.05) is 20.8 Å². The molecule has 1 atom stereocenters. The molecule has 1 amide bonds. The van der Waals surface area contributed by atoms with E-state index in [4.69, 9.17) is 5.11 Å². The highest BCUT2D eigenvalue weighted by atomic mass is 32.2. The number of amides is 1. The van der Waals surface area contributed by atoms with Gasteiger partial charge in [0.2, 0.25) is 5.91 Å². The van der Waals surface area contributed by atoms with Crippen molar-refractivity contribution in [1.29, 1.82) is 0 Å². The highest BCUT2D eigenvalue weighted by Crippen LogP contribution is 2.13. The molecule has 1 unspecified atom stereocenters. The first-order valence-corrected chi connectivity index (χ1v) is 6.06. The monoisotopic (exact) mass is 233 g/mol. The first-order valence-electron chi connectivity index (χ1n) is 5.02. The van der Waals surface area contributed by atoms with E-state index < -0.39 is 5.97 Å². The molecule has 0 saturated heterocycles. The van der Waals surface area contributed by atoms with E-state index in [0.29, 0.717) is 18.2 Å². The quantitative estimate of drug-likeness (QED) is 0.696. The number of carboxylic acids is 1. The van der Waals surface area contributed by atoms with Crippen molar-refractivity contribution in [2.45, 2.75) is 32.4 Å². The van der Waals surface area contributed by atoms with Crippen LogP contribution in [0.25, 0.3) is 0 Å². The van der Waals surface area contributed by atoms with Crippen LogP contribution < -0.4 is 5.32 Å². The lowest BCUT2D eigenvalue weighted by atomic mass is 10.2. The zero-order chi connectivity index (χ0) is 11.8. The third-order valence-electron chi connectivity index (χ3n) is 1.67. The van der Waals surface area contributed by atoms with Crippen molar-refractivity contribution >= 4 is 23.6 Å². The topological polar surface area (TPSA) is 66.4 Å². The molecule has 0 saturated carbocycles. The van der Waals surface area contributed by atoms with Crippen molar-refractivity contribution in [2.75, 3.05) is 12.3 Å². The summed E-state index contributed by atoms with van der Waals surface area (Å²) in [5.74, 6) is -0.0693. The van der Waals surface area contributed by atoms with E-state index in [1.54, 1.807) is 0 Å². The summed E-state index contributed by atoms with van der Waals surface area (Å²) in [5, 5.41) is 11.3. The second-order valence-electron chi connectivity index (χ2n) is 3.92. The molecule has 0 aliphatic heterocycles. The van der Waals surface area contributed by atoms with Gasteiger partial charge in [0.05, 0.1) is 12.2 Å². The molecule has 2 N–H and O–H groups in total. The zero-order valence-electron chi connectivity index (χ0n) is 9.45. The Hall–Kier alpha value is -0.710. The molecule has 15 heavy (non-hydrogen) atoms. The highest BCUT2D eigenvalue weighted by Gasteiger charge is 2.10. The van der Waals surface area contributed by atoms with Crippen molar-refractivity contribution in [3.8, 4) is 0 Å². The summed E-state index contributed by atoms with van der Waals surface area (Å²) in [6.45, 7) is 6.54. The average molecular weight is 233 g/mol. The molecule has 0 rings (SSSR count). The largest absolute Gasteiger partial charge is 0.481 e. The van der Waals surface area contributed by atoms with E-state index in [1.165, 1.54) is 11.8 Å². The summed E-state index contributed by atoms with van der Waals surface area (Å²) in [4.78, 5) is 21.6. The normalized spacial score (nSPS) is 12.5. The molecule has 0 spiro atoms. The summed E-state index contributed by atoms with van der Waals surface area (Å²) in [6.07, 6.45) is 0.0993. The Balaban J connectivity index is 3.57. The minimum absolute atomic E-state index is 0.0210. The number of aliphatic carboxylic acids is 1. The van der Waals surface area contributed by atoms with Crippen LogP contribution in [0.3, 0.4) is 0 Å². The lowest BCUT2D eigenvalue weighted by molar-refractivity contribution is -0.136. The van der Waals surface area contributed by atoms with Crippen LogP contribution >= 0.6 is 11.8 Å². The van der Waals surface area contributed by atoms with E-state index in [0.717, 1.165) is 0 Å². The molecule has 0 fully saturated rings. The molecule has 0 heterocycles. The second kappa shape index (κ2) is 7.56. The molecule has 5 heteroatoms. The van der Waals surface area contributed by atoms with Crippen LogP contribution in [0.1, 0.15) is 27.2 Å². The van der Waals surface area contributed by atoms with Gasteiger partial charge in [-0.15, -0.1) is 11.8 Å². The number of hydrogen-bond acceptors (Lipinski definition) is 3. The van der Waals surface area contributed by atoms with Crippen LogP contribution in [-0.2, 0) is 9.59 Å². The number of thioether (sulfide) groups is 1. The van der Waals surface area contributed by atoms with Gasteiger partial charge in [0.25, 0.3) is 0 Å². The summed E-state index contributed by atoms with van der Waals surface area (Å²) < 4.78 is 0. The number of carboxylic acid groups (broad SMARTS) is 1. The summed E-state index contributed by atoms with van der Waals surface area (Å²) >= 11 is 1.37. The number of carbonyl (C=O) groups is 2. The molecule has 0 radical (unpaired) electrons. The van der Waals surface area contributed by atoms with Crippen molar-refractivity contribution in [3.63, 3.8) is 0 Å². The Bertz CT molecular complexity index is 219. The third kappa shape index (κ3) is 9.59. The standard InChI is InChI=1S/C10H19NO3S/c1-7(2)5-11-9(12)6-15-8(3)4-10(13)14/h7-8H,4-6H2,1-3H3,(H,11,12)(H,13,14). The fraction of sp³-hybridized carbons (Fsp3) is 0.800. The van der Waals surface area contributed by atoms with Crippen LogP contribution in [0.15, 0.2) is 0 Å². The molecule has 0 aliphatic rings. The molecule has 0 aliphatic carbocycles. The van der Waals surface area contributed by atoms with Gasteiger partial charge in [-0.25, -0.2) is 0 Å². The minimum Gasteiger partial charge on any atom is -0.481 e. The number of nitrogens with one attached hydrogen (secondary N) is 1. The minimum atomic E-state index is -0.822. The second-order valence-corrected chi connectivity index (χ2v) is 5.34. The predicted molar refractivity (Wildman–Crippen MR) is 62.0 cm³/mol. The van der Waals surface area contributed by atoms with E-state index in [2.05, 4.69) is 5.32 Å². The van der Waals surface area contributed by atoms with E-state index in [-0.39, 0.29) is 17.6 Å². The maximum Gasteiger partial charge on any atom is 0.304 e. The van der Waals surface area contributed by atoms with Crippen LogP contribution in [0.2, 0.25) is 0 Å². The molecule has 0 aromatic heterocycles. The number of carbonyl (C=O) groups excluding carboxylic acids is 1. The highest BCUT2D eigenvalue weighted by molar-refractivity contribution is 8.00. The number of hydrogen-bond donors (Lipinski definition) is 2. The molecule has 0 bridgehead atoms. The zero-order valence-corrected chi connectivity index (χ0v) is 10.3. The van der Waals surface area contributed by atoms with Crippen LogP contribution in [0.4, 0.5) is 0 Å². The van der Waals surface area contributed by atoms with Gasteiger partial charge in [0.1, 0.15) is 0 Å². The van der Waals surface area contributed by atoms with Gasteiger partial charge in [-0.2, -0.15) is 0 Å². The Morgan fingerprint density at radius 3 is 2.40 bits per heavy atom. The van der Waals surface area contributed by atoms with Crippen molar-refractivity contribution in [2.24, 2.45) is 5.92 Å². The van der Waals surface area contributed by atoms with Crippen molar-refractivity contribution in [3.05, 3.63) is 0 Å². The Morgan fingerprint density at radius 1 is 1.33 bits per heavy atom. The Kier molecular flexibility index (Phi) is 7.21. The lowest BCUT2D eigenvalue weighted by Gasteiger charge is -2.10. The lowest BCUT2D eigenvalue weighted by Crippen LogP contribution is -2.29. The van der Waals surface area contributed by atoms with E-state index >= 15 is 0 Å². The van der Waals surface area contributed by atoms with Crippen molar-refractivity contribution < 1.29 is 14.7 Å². The SMILES string of the molecule is CC(C)CNC(=O)CSC(C)CC(=O)O. The van der Waals surface area contributed by atoms with Gasteiger partial charge < -0.3 is 10.4 Å². The van der Waals surface area contributed by atoms with Gasteiger partial charge in [0, 0.05) is 11.8 Å². The van der Waals surface area contributed by atoms with Crippen LogP contribution in [-0.4, -0.2) is 34.5 Å². The summed E-state index contributed by atoms with van der Waals surface area (Å²) in [7, 11) is 0. The maximum absolute atomic E-state index is 11.3. The van der Waals surface area contributed by atoms with Gasteiger partial charge in [-0.05, 0) is 5.92 Å². The van der Waals surface area contributed by atoms with Crippen LogP contribution in [0.5, 0.6) is 0 Å². The molecule has 4 nitrogen and oxygen atoms in total. The fourth-order valence-electron chi connectivity index (χ4n) is 0.892. The van der Waals surface area contributed by atoms with Gasteiger partial charge in [-0.3, -0.25) is 9.59 Å². The molecular weight excluding hydrogens is 214 g/mol. The molecule has 0 aromatic carbocycles. The molecule has 0 aromatic rings. The maximum atomic E-state index is 11.3. The van der Waals surface area contributed by atoms with Gasteiger partial charge in [-0.1, -0.05) is 20.8 Å². The van der Waals surface area contributed by atoms with Crippen molar-refractivity contribution in [1.82, 2.24) is 5.32 Å². The third-order valence-corrected chi connectivity index (χ3v) is 2.83. The summed E-state index contributed by atoms with van der Waals surface area (Å²) in [6, 6.07) is 0. The van der Waals surface area contributed by atoms with Gasteiger partial charge >= 0.3 is 5.97 Å². The first kappa shape index (κ1) is 14.3. The average Bonchev–Trinajstić information content (AvgIpc) is 2.10. The molecule has 88 valence electrons. The molecular formula is C10H19NO3S. The Labute approximate surface area is 94.8 Å². The number of rotatable bonds is 7. The smallest absolute Gasteiger partial charge is 0.304 e. The summed E-state index contributed by atoms with van der Waals surface area (Å²) in [5.41, 5.74) is 0. The van der Waals surface area contributed by atoms with Gasteiger partial charge in [0.15, 0.2) is 0 Å². The van der Waals surface area contributed by atoms with E-state index in [9.17, 15) is 9.59 Å². The fourth-order valence-corrected chi connectivity index (χ4v) is 1.69.